The summed E-state index contributed by atoms with van der Waals surface area (Å²) < 4.78 is 6.55. The predicted octanol–water partition coefficient (Wildman–Crippen LogP) is 0.950. The fourth-order valence-electron chi connectivity index (χ4n) is 1.67. The Morgan fingerprint density at radius 1 is 1.44 bits per heavy atom. The Morgan fingerprint density at radius 2 is 2.19 bits per heavy atom. The Labute approximate surface area is 93.0 Å². The number of benzene rings is 1. The highest BCUT2D eigenvalue weighted by Crippen LogP contribution is 2.05. The molecule has 1 aromatic carbocycles. The van der Waals surface area contributed by atoms with Crippen LogP contribution < -0.4 is 16.5 Å². The van der Waals surface area contributed by atoms with Crippen LogP contribution >= 0.6 is 0 Å². The molecule has 0 aliphatic heterocycles. The van der Waals surface area contributed by atoms with Gasteiger partial charge in [-0.05, 0) is 37.6 Å². The van der Waals surface area contributed by atoms with E-state index >= 15 is 0 Å². The average molecular weight is 215 g/mol. The van der Waals surface area contributed by atoms with Gasteiger partial charge in [-0.1, -0.05) is 18.7 Å². The van der Waals surface area contributed by atoms with Crippen molar-refractivity contribution in [3.8, 4) is 5.69 Å². The molecule has 3 nitrogen and oxygen atoms in total. The lowest BCUT2D eigenvalue weighted by molar-refractivity contribution is 0.477. The van der Waals surface area contributed by atoms with Gasteiger partial charge in [0.25, 0.3) is 0 Å². The Morgan fingerprint density at radius 3 is 2.75 bits per heavy atom. The first-order valence-corrected chi connectivity index (χ1v) is 5.07. The van der Waals surface area contributed by atoms with E-state index in [0.29, 0.717) is 10.8 Å². The summed E-state index contributed by atoms with van der Waals surface area (Å²) in [5.74, 6) is -0.399. The quantitative estimate of drug-likeness (QED) is 0.710. The highest BCUT2D eigenvalue weighted by Gasteiger charge is 2.05. The third kappa shape index (κ3) is 1.60. The van der Waals surface area contributed by atoms with E-state index in [1.54, 1.807) is 6.08 Å². The maximum atomic E-state index is 11.7. The van der Waals surface area contributed by atoms with Crippen molar-refractivity contribution >= 4 is 12.7 Å². The van der Waals surface area contributed by atoms with Crippen LogP contribution in [-0.2, 0) is 0 Å². The number of hydrogen-bond acceptors (Lipinski definition) is 2. The van der Waals surface area contributed by atoms with Crippen LogP contribution in [0.25, 0.3) is 18.3 Å². The second-order valence-electron chi connectivity index (χ2n) is 3.64. The van der Waals surface area contributed by atoms with Gasteiger partial charge in [0.1, 0.15) is 0 Å². The number of hydrogen-bond donors (Lipinski definition) is 0. The van der Waals surface area contributed by atoms with Crippen LogP contribution in [0.5, 0.6) is 0 Å². The zero-order valence-electron chi connectivity index (χ0n) is 9.36. The summed E-state index contributed by atoms with van der Waals surface area (Å²) in [5, 5.41) is 0.582. The molecule has 0 unspecified atom stereocenters. The van der Waals surface area contributed by atoms with E-state index in [-0.39, 0.29) is 0 Å². The monoisotopic (exact) mass is 215 g/mol. The van der Waals surface area contributed by atoms with Crippen molar-refractivity contribution in [3.63, 3.8) is 0 Å². The molecule has 0 aliphatic carbocycles. The topological polar surface area (TPSA) is 35.1 Å². The number of rotatable bonds is 1. The molecule has 3 heteroatoms. The summed E-state index contributed by atoms with van der Waals surface area (Å²) in [7, 11) is 0. The van der Waals surface area contributed by atoms with Gasteiger partial charge in [-0.2, -0.15) is 0 Å². The van der Waals surface area contributed by atoms with Crippen molar-refractivity contribution < 1.29 is 4.42 Å². The first-order valence-electron chi connectivity index (χ1n) is 5.07. The lowest BCUT2D eigenvalue weighted by Gasteiger charge is -2.00. The van der Waals surface area contributed by atoms with Crippen molar-refractivity contribution in [2.24, 2.45) is 0 Å². The summed E-state index contributed by atoms with van der Waals surface area (Å²) in [5.41, 5.74) is 2.39. The van der Waals surface area contributed by atoms with Crippen LogP contribution in [0, 0.1) is 6.92 Å². The van der Waals surface area contributed by atoms with Gasteiger partial charge in [-0.25, -0.2) is 9.36 Å². The predicted molar refractivity (Wildman–Crippen MR) is 64.0 cm³/mol. The van der Waals surface area contributed by atoms with E-state index in [4.69, 9.17) is 4.42 Å². The lowest BCUT2D eigenvalue weighted by Crippen LogP contribution is -2.29. The zero-order valence-corrected chi connectivity index (χ0v) is 9.36. The summed E-state index contributed by atoms with van der Waals surface area (Å²) >= 11 is 0. The van der Waals surface area contributed by atoms with Crippen molar-refractivity contribution in [1.29, 1.82) is 0 Å². The molecule has 0 fully saturated rings. The van der Waals surface area contributed by atoms with Crippen LogP contribution in [0.3, 0.4) is 0 Å². The van der Waals surface area contributed by atoms with Gasteiger partial charge >= 0.3 is 5.76 Å². The molecule has 0 amide bonds. The summed E-state index contributed by atoms with van der Waals surface area (Å²) in [6.45, 7) is 7.65. The molecule has 0 saturated carbocycles. The van der Waals surface area contributed by atoms with Gasteiger partial charge in [0.15, 0.2) is 5.42 Å². The minimum Gasteiger partial charge on any atom is -0.408 e. The van der Waals surface area contributed by atoms with Crippen molar-refractivity contribution in [1.82, 2.24) is 4.57 Å². The fraction of sp³-hybridized carbons (Fsp3) is 0.154. The van der Waals surface area contributed by atoms with Crippen molar-refractivity contribution in [2.75, 3.05) is 0 Å². The van der Waals surface area contributed by atoms with E-state index in [1.165, 1.54) is 4.57 Å². The fourth-order valence-corrected chi connectivity index (χ4v) is 1.67. The van der Waals surface area contributed by atoms with Gasteiger partial charge in [-0.15, -0.1) is 0 Å². The largest absolute Gasteiger partial charge is 0.424 e. The average Bonchev–Trinajstić information content (AvgIpc) is 2.53. The molecule has 2 aromatic rings. The van der Waals surface area contributed by atoms with Crippen molar-refractivity contribution in [2.45, 2.75) is 13.8 Å². The molecule has 0 radical (unpaired) electrons. The van der Waals surface area contributed by atoms with Gasteiger partial charge in [0, 0.05) is 0 Å². The maximum absolute atomic E-state index is 11.7. The summed E-state index contributed by atoms with van der Waals surface area (Å²) in [4.78, 5) is 11.7. The van der Waals surface area contributed by atoms with Crippen LogP contribution in [0.4, 0.5) is 0 Å². The minimum atomic E-state index is -0.399. The van der Waals surface area contributed by atoms with Crippen LogP contribution in [0.15, 0.2) is 33.5 Å². The first-order chi connectivity index (χ1) is 7.63. The second-order valence-corrected chi connectivity index (χ2v) is 3.64. The van der Waals surface area contributed by atoms with E-state index in [0.717, 1.165) is 11.3 Å². The smallest absolute Gasteiger partial charge is 0.408 e. The molecule has 1 heterocycles. The molecular formula is C13H13NO2. The van der Waals surface area contributed by atoms with E-state index in [2.05, 4.69) is 6.58 Å². The molecule has 0 spiro atoms. The van der Waals surface area contributed by atoms with Gasteiger partial charge in [-0.3, -0.25) is 0 Å². The molecule has 0 bridgehead atoms. The Bertz CT molecular complexity index is 677. The number of nitrogens with zero attached hydrogens (tertiary/aromatic N) is 1. The SMILES string of the molecule is C=c1/c(=C/C)oc(=O)n1-c1cccc(C)c1. The highest BCUT2D eigenvalue weighted by molar-refractivity contribution is 5.36. The minimum absolute atomic E-state index is 0.399. The first kappa shape index (κ1) is 10.5. The van der Waals surface area contributed by atoms with E-state index in [1.807, 2.05) is 38.1 Å². The molecule has 0 atom stereocenters. The molecule has 0 saturated heterocycles. The maximum Gasteiger partial charge on any atom is 0.424 e. The Balaban J connectivity index is 2.80. The summed E-state index contributed by atoms with van der Waals surface area (Å²) in [6, 6.07) is 7.66. The number of aryl methyl sites for hydroxylation is 1. The van der Waals surface area contributed by atoms with Crippen LogP contribution in [-0.4, -0.2) is 4.57 Å². The number of aromatic nitrogens is 1. The third-order valence-electron chi connectivity index (χ3n) is 2.46. The third-order valence-corrected chi connectivity index (χ3v) is 2.46. The molecule has 0 aliphatic rings. The highest BCUT2D eigenvalue weighted by atomic mass is 16.4. The molecular weight excluding hydrogens is 202 g/mol. The van der Waals surface area contributed by atoms with E-state index in [9.17, 15) is 4.79 Å². The lowest BCUT2D eigenvalue weighted by atomic mass is 10.2. The van der Waals surface area contributed by atoms with Crippen LogP contribution in [0.2, 0.25) is 0 Å². The van der Waals surface area contributed by atoms with Crippen LogP contribution in [0.1, 0.15) is 12.5 Å². The molecule has 2 rings (SSSR count). The number of oxazole rings is 1. The molecule has 82 valence electrons. The second kappa shape index (κ2) is 3.85. The molecule has 0 N–H and O–H groups in total. The van der Waals surface area contributed by atoms with E-state index < -0.39 is 5.76 Å². The zero-order chi connectivity index (χ0) is 11.7. The van der Waals surface area contributed by atoms with Gasteiger partial charge < -0.3 is 4.42 Å². The molecule has 16 heavy (non-hydrogen) atoms. The Hall–Kier alpha value is -2.03. The van der Waals surface area contributed by atoms with Gasteiger partial charge in [0.2, 0.25) is 0 Å². The van der Waals surface area contributed by atoms with Crippen molar-refractivity contribution in [3.05, 3.63) is 51.1 Å². The van der Waals surface area contributed by atoms with Gasteiger partial charge in [0.05, 0.1) is 11.0 Å². The standard InChI is InChI=1S/C13H13NO2/c1-4-12-10(3)14(13(15)16-12)11-7-5-6-9(2)8-11/h4-8H,3H2,1-2H3/b12-4-. The summed E-state index contributed by atoms with van der Waals surface area (Å²) in [6.07, 6.45) is 1.73. The Kier molecular flexibility index (Phi) is 2.52. The normalized spacial score (nSPS) is 12.0. The molecule has 1 aromatic heterocycles.